The standard InChI is InChI=1S/C23H23FN6O3/c1-4-9-29-20-18(22(32)28-23(29)33)10-15(11-25-20)21(31)27-13(2)19-12-26-30(14(19)3)17-7-5-16(24)6-8-17/h5-8,10-13H,4,9H2,1-3H3,(H,27,31)(H,28,32,33). The van der Waals surface area contributed by atoms with Crippen LogP contribution in [0.5, 0.6) is 0 Å². The molecule has 2 N–H and O–H groups in total. The van der Waals surface area contributed by atoms with E-state index in [1.165, 1.54) is 29.0 Å². The van der Waals surface area contributed by atoms with Crippen LogP contribution in [0.2, 0.25) is 0 Å². The Hall–Kier alpha value is -4.08. The lowest BCUT2D eigenvalue weighted by molar-refractivity contribution is 0.0939. The first-order valence-corrected chi connectivity index (χ1v) is 10.5. The molecule has 0 saturated heterocycles. The molecule has 0 bridgehead atoms. The minimum Gasteiger partial charge on any atom is -0.345 e. The van der Waals surface area contributed by atoms with Gasteiger partial charge >= 0.3 is 5.69 Å². The smallest absolute Gasteiger partial charge is 0.329 e. The Morgan fingerprint density at radius 2 is 1.94 bits per heavy atom. The van der Waals surface area contributed by atoms with Crippen LogP contribution in [-0.4, -0.2) is 30.2 Å². The molecule has 3 aromatic heterocycles. The van der Waals surface area contributed by atoms with Crippen molar-refractivity contribution in [2.24, 2.45) is 0 Å². The van der Waals surface area contributed by atoms with Crippen molar-refractivity contribution in [1.29, 1.82) is 0 Å². The minimum atomic E-state index is -0.589. The number of aromatic amines is 1. The molecular weight excluding hydrogens is 427 g/mol. The lowest BCUT2D eigenvalue weighted by Gasteiger charge is -2.15. The van der Waals surface area contributed by atoms with Gasteiger partial charge in [-0.25, -0.2) is 18.9 Å². The third-order valence-corrected chi connectivity index (χ3v) is 5.48. The molecule has 0 aliphatic carbocycles. The molecule has 1 unspecified atom stereocenters. The van der Waals surface area contributed by atoms with E-state index in [0.717, 1.165) is 11.3 Å². The molecule has 0 fully saturated rings. The Morgan fingerprint density at radius 1 is 1.21 bits per heavy atom. The van der Waals surface area contributed by atoms with E-state index in [2.05, 4.69) is 20.4 Å². The van der Waals surface area contributed by atoms with Crippen LogP contribution in [0.15, 0.2) is 52.3 Å². The lowest BCUT2D eigenvalue weighted by atomic mass is 10.1. The van der Waals surface area contributed by atoms with Gasteiger partial charge in [-0.05, 0) is 50.6 Å². The Labute approximate surface area is 187 Å². The van der Waals surface area contributed by atoms with Crippen molar-refractivity contribution in [3.63, 3.8) is 0 Å². The number of fused-ring (bicyclic) bond motifs is 1. The van der Waals surface area contributed by atoms with E-state index in [1.54, 1.807) is 23.0 Å². The highest BCUT2D eigenvalue weighted by Crippen LogP contribution is 2.21. The summed E-state index contributed by atoms with van der Waals surface area (Å²) in [7, 11) is 0. The van der Waals surface area contributed by atoms with Crippen molar-refractivity contribution in [2.75, 3.05) is 0 Å². The fourth-order valence-electron chi connectivity index (χ4n) is 3.77. The zero-order valence-corrected chi connectivity index (χ0v) is 18.4. The van der Waals surface area contributed by atoms with Crippen LogP contribution in [0.1, 0.15) is 47.9 Å². The molecule has 4 rings (SSSR count). The van der Waals surface area contributed by atoms with Crippen molar-refractivity contribution in [3.05, 3.63) is 86.2 Å². The van der Waals surface area contributed by atoms with Crippen LogP contribution < -0.4 is 16.6 Å². The fourth-order valence-corrected chi connectivity index (χ4v) is 3.77. The zero-order chi connectivity index (χ0) is 23.7. The van der Waals surface area contributed by atoms with E-state index in [4.69, 9.17) is 0 Å². The summed E-state index contributed by atoms with van der Waals surface area (Å²) in [5, 5.41) is 7.42. The predicted molar refractivity (Wildman–Crippen MR) is 121 cm³/mol. The molecule has 10 heteroatoms. The first kappa shape index (κ1) is 22.1. The number of aromatic nitrogens is 5. The predicted octanol–water partition coefficient (Wildman–Crippen LogP) is 2.62. The van der Waals surface area contributed by atoms with Gasteiger partial charge in [0.05, 0.1) is 28.9 Å². The van der Waals surface area contributed by atoms with Crippen molar-refractivity contribution in [3.8, 4) is 5.69 Å². The van der Waals surface area contributed by atoms with E-state index in [-0.39, 0.29) is 22.4 Å². The number of pyridine rings is 1. The molecule has 1 amide bonds. The molecule has 4 aromatic rings. The SMILES string of the molecule is CCCn1c(=O)[nH]c(=O)c2cc(C(=O)NC(C)c3cnn(-c4ccc(F)cc4)c3C)cnc21. The van der Waals surface area contributed by atoms with Gasteiger partial charge in [0.1, 0.15) is 11.5 Å². The molecule has 1 atom stereocenters. The Bertz CT molecular complexity index is 1450. The molecule has 9 nitrogen and oxygen atoms in total. The van der Waals surface area contributed by atoms with Gasteiger partial charge in [0.2, 0.25) is 0 Å². The second-order valence-corrected chi connectivity index (χ2v) is 7.77. The molecule has 3 heterocycles. The number of halogens is 1. The molecule has 0 aliphatic heterocycles. The van der Waals surface area contributed by atoms with Gasteiger partial charge in [-0.3, -0.25) is 19.1 Å². The second kappa shape index (κ2) is 8.81. The number of hydrogen-bond donors (Lipinski definition) is 2. The van der Waals surface area contributed by atoms with Crippen LogP contribution in [0, 0.1) is 12.7 Å². The van der Waals surface area contributed by atoms with E-state index in [0.29, 0.717) is 18.7 Å². The van der Waals surface area contributed by atoms with Crippen LogP contribution in [0.3, 0.4) is 0 Å². The number of nitrogens with zero attached hydrogens (tertiary/aromatic N) is 4. The molecule has 0 saturated carbocycles. The number of hydrogen-bond acceptors (Lipinski definition) is 5. The molecule has 33 heavy (non-hydrogen) atoms. The summed E-state index contributed by atoms with van der Waals surface area (Å²) >= 11 is 0. The highest BCUT2D eigenvalue weighted by Gasteiger charge is 2.19. The number of benzene rings is 1. The summed E-state index contributed by atoms with van der Waals surface area (Å²) < 4.78 is 16.3. The summed E-state index contributed by atoms with van der Waals surface area (Å²) in [6, 6.07) is 7.00. The first-order valence-electron chi connectivity index (χ1n) is 10.5. The van der Waals surface area contributed by atoms with Gasteiger partial charge in [-0.15, -0.1) is 0 Å². The second-order valence-electron chi connectivity index (χ2n) is 7.77. The quantitative estimate of drug-likeness (QED) is 0.469. The number of H-pyrrole nitrogens is 1. The molecule has 0 aliphatic rings. The van der Waals surface area contributed by atoms with Gasteiger partial charge in [-0.1, -0.05) is 6.92 Å². The summed E-state index contributed by atoms with van der Waals surface area (Å²) in [5.74, 6) is -0.752. The van der Waals surface area contributed by atoms with E-state index < -0.39 is 23.2 Å². The van der Waals surface area contributed by atoms with Gasteiger partial charge in [0.15, 0.2) is 0 Å². The third-order valence-electron chi connectivity index (χ3n) is 5.48. The number of aryl methyl sites for hydroxylation is 1. The van der Waals surface area contributed by atoms with Crippen LogP contribution in [0.4, 0.5) is 4.39 Å². The molecular formula is C23H23FN6O3. The number of rotatable bonds is 6. The van der Waals surface area contributed by atoms with Gasteiger partial charge in [0.25, 0.3) is 11.5 Å². The summed E-state index contributed by atoms with van der Waals surface area (Å²) in [6.45, 7) is 5.99. The number of amides is 1. The number of nitrogens with one attached hydrogen (secondary N) is 2. The maximum absolute atomic E-state index is 13.2. The largest absolute Gasteiger partial charge is 0.345 e. The normalized spacial score (nSPS) is 12.1. The zero-order valence-electron chi connectivity index (χ0n) is 18.4. The van der Waals surface area contributed by atoms with Gasteiger partial charge < -0.3 is 5.32 Å². The molecule has 1 aromatic carbocycles. The van der Waals surface area contributed by atoms with Crippen LogP contribution in [0.25, 0.3) is 16.7 Å². The minimum absolute atomic E-state index is 0.170. The average Bonchev–Trinajstić information content (AvgIpc) is 3.18. The maximum Gasteiger partial charge on any atom is 0.329 e. The van der Waals surface area contributed by atoms with E-state index in [9.17, 15) is 18.8 Å². The highest BCUT2D eigenvalue weighted by molar-refractivity contribution is 5.96. The average molecular weight is 450 g/mol. The number of carbonyl (C=O) groups is 1. The molecule has 0 radical (unpaired) electrons. The molecule has 0 spiro atoms. The van der Waals surface area contributed by atoms with Gasteiger partial charge in [0, 0.05) is 24.0 Å². The maximum atomic E-state index is 13.2. The van der Waals surface area contributed by atoms with Gasteiger partial charge in [-0.2, -0.15) is 5.10 Å². The van der Waals surface area contributed by atoms with Crippen molar-refractivity contribution >= 4 is 16.9 Å². The fraction of sp³-hybridized carbons (Fsp3) is 0.261. The Kier molecular flexibility index (Phi) is 5.91. The highest BCUT2D eigenvalue weighted by atomic mass is 19.1. The monoisotopic (exact) mass is 450 g/mol. The third kappa shape index (κ3) is 4.19. The molecule has 170 valence electrons. The van der Waals surface area contributed by atoms with Crippen molar-refractivity contribution in [1.82, 2.24) is 29.6 Å². The summed E-state index contributed by atoms with van der Waals surface area (Å²) in [5.41, 5.74) is 1.61. The van der Waals surface area contributed by atoms with Crippen molar-refractivity contribution < 1.29 is 9.18 Å². The lowest BCUT2D eigenvalue weighted by Crippen LogP contribution is -2.32. The van der Waals surface area contributed by atoms with Crippen molar-refractivity contribution in [2.45, 2.75) is 39.8 Å². The van der Waals surface area contributed by atoms with E-state index in [1.807, 2.05) is 20.8 Å². The topological polar surface area (TPSA) is 115 Å². The van der Waals surface area contributed by atoms with Crippen LogP contribution >= 0.6 is 0 Å². The first-order chi connectivity index (χ1) is 15.8. The Balaban J connectivity index is 1.60. The number of carbonyl (C=O) groups excluding carboxylic acids is 1. The Morgan fingerprint density at radius 3 is 2.64 bits per heavy atom. The van der Waals surface area contributed by atoms with E-state index >= 15 is 0 Å². The summed E-state index contributed by atoms with van der Waals surface area (Å²) in [4.78, 5) is 43.8. The summed E-state index contributed by atoms with van der Waals surface area (Å²) in [6.07, 6.45) is 3.69. The van der Waals surface area contributed by atoms with Crippen LogP contribution in [-0.2, 0) is 6.54 Å².